The summed E-state index contributed by atoms with van der Waals surface area (Å²) in [7, 11) is -7.09. The molecule has 0 spiro atoms. The second-order valence-corrected chi connectivity index (χ2v) is 12.7. The van der Waals surface area contributed by atoms with Crippen LogP contribution in [0.4, 0.5) is 0 Å². The number of amides is 1. The summed E-state index contributed by atoms with van der Waals surface area (Å²) < 4.78 is 54.4. The van der Waals surface area contributed by atoms with Gasteiger partial charge >= 0.3 is 0 Å². The zero-order valence-corrected chi connectivity index (χ0v) is 20.8. The molecule has 2 fully saturated rings. The molecule has 0 aliphatic carbocycles. The normalized spacial score (nSPS) is 23.0. The van der Waals surface area contributed by atoms with Crippen molar-refractivity contribution >= 4 is 26.0 Å². The zero-order chi connectivity index (χ0) is 24.3. The molecule has 0 bridgehead atoms. The van der Waals surface area contributed by atoms with Crippen molar-refractivity contribution in [2.24, 2.45) is 5.92 Å². The van der Waals surface area contributed by atoms with Crippen LogP contribution < -0.4 is 4.72 Å². The molecule has 2 aliphatic rings. The Labute approximate surface area is 202 Å². The number of piperidine rings is 2. The number of nitrogens with one attached hydrogen (secondary N) is 1. The fourth-order valence-electron chi connectivity index (χ4n) is 4.92. The van der Waals surface area contributed by atoms with Crippen molar-refractivity contribution in [3.63, 3.8) is 0 Å². The fourth-order valence-corrected chi connectivity index (χ4v) is 7.47. The molecule has 4 rings (SSSR count). The van der Waals surface area contributed by atoms with Crippen molar-refractivity contribution in [1.82, 2.24) is 13.9 Å². The Balaban J connectivity index is 1.53. The summed E-state index contributed by atoms with van der Waals surface area (Å²) in [6, 6.07) is 17.4. The molecule has 2 saturated heterocycles. The predicted octanol–water partition coefficient (Wildman–Crippen LogP) is 2.37. The maximum atomic E-state index is 13.6. The highest BCUT2D eigenvalue weighted by molar-refractivity contribution is 7.89. The van der Waals surface area contributed by atoms with Gasteiger partial charge in [0.1, 0.15) is 0 Å². The van der Waals surface area contributed by atoms with Gasteiger partial charge in [-0.25, -0.2) is 21.6 Å². The molecule has 0 saturated carbocycles. The Morgan fingerprint density at radius 3 is 2.03 bits per heavy atom. The Bertz CT molecular complexity index is 1200. The van der Waals surface area contributed by atoms with Gasteiger partial charge in [-0.1, -0.05) is 48.5 Å². The summed E-state index contributed by atoms with van der Waals surface area (Å²) in [4.78, 5) is 15.3. The number of rotatable bonds is 6. The van der Waals surface area contributed by atoms with Gasteiger partial charge in [0, 0.05) is 25.7 Å². The van der Waals surface area contributed by atoms with E-state index in [1.807, 2.05) is 30.3 Å². The van der Waals surface area contributed by atoms with Crippen LogP contribution in [0, 0.1) is 5.92 Å². The first-order valence-electron chi connectivity index (χ1n) is 11.5. The fraction of sp³-hybridized carbons (Fsp3) is 0.458. The molecule has 10 heteroatoms. The summed E-state index contributed by atoms with van der Waals surface area (Å²) in [5.74, 6) is -0.490. The van der Waals surface area contributed by atoms with Crippen LogP contribution >= 0.6 is 0 Å². The molecular formula is C24H31N3O5S2. The number of likely N-dealkylation sites (tertiary alicyclic amines) is 1. The molecule has 0 radical (unpaired) electrons. The van der Waals surface area contributed by atoms with E-state index in [-0.39, 0.29) is 29.4 Å². The van der Waals surface area contributed by atoms with Crippen molar-refractivity contribution < 1.29 is 21.6 Å². The van der Waals surface area contributed by atoms with Crippen LogP contribution in [0.25, 0.3) is 0 Å². The summed E-state index contributed by atoms with van der Waals surface area (Å²) in [5.41, 5.74) is 0.917. The highest BCUT2D eigenvalue weighted by atomic mass is 32.2. The summed E-state index contributed by atoms with van der Waals surface area (Å²) in [6.07, 6.45) is 3.38. The lowest BCUT2D eigenvalue weighted by atomic mass is 9.89. The average molecular weight is 506 g/mol. The van der Waals surface area contributed by atoms with Crippen LogP contribution in [0.3, 0.4) is 0 Å². The maximum absolute atomic E-state index is 13.6. The van der Waals surface area contributed by atoms with Crippen molar-refractivity contribution in [3.8, 4) is 0 Å². The van der Waals surface area contributed by atoms with Gasteiger partial charge < -0.3 is 4.90 Å². The minimum absolute atomic E-state index is 0.0578. The highest BCUT2D eigenvalue weighted by Crippen LogP contribution is 2.38. The average Bonchev–Trinajstić information content (AvgIpc) is 2.84. The molecule has 184 valence electrons. The maximum Gasteiger partial charge on any atom is 0.243 e. The van der Waals surface area contributed by atoms with Crippen molar-refractivity contribution in [2.45, 2.75) is 42.7 Å². The SMILES string of the molecule is CS(=O)(=O)NC1CCN(C(=O)[C@@H]2CC[C@H](c3ccccc3)N(S(=O)(=O)c3ccccc3)C2)CC1. The number of sulfonamides is 2. The van der Waals surface area contributed by atoms with E-state index in [2.05, 4.69) is 4.72 Å². The Hall–Kier alpha value is -2.27. The molecule has 8 nitrogen and oxygen atoms in total. The lowest BCUT2D eigenvalue weighted by Gasteiger charge is -2.41. The van der Waals surface area contributed by atoms with Gasteiger partial charge in [-0.2, -0.15) is 4.31 Å². The zero-order valence-electron chi connectivity index (χ0n) is 19.2. The first-order chi connectivity index (χ1) is 16.1. The largest absolute Gasteiger partial charge is 0.342 e. The first kappa shape index (κ1) is 24.8. The van der Waals surface area contributed by atoms with Gasteiger partial charge in [-0.15, -0.1) is 0 Å². The number of benzene rings is 2. The molecule has 1 N–H and O–H groups in total. The lowest BCUT2D eigenvalue weighted by Crippen LogP contribution is -2.51. The molecule has 2 aliphatic heterocycles. The first-order valence-corrected chi connectivity index (χ1v) is 14.9. The molecule has 2 atom stereocenters. The van der Waals surface area contributed by atoms with Gasteiger partial charge in [0.05, 0.1) is 23.1 Å². The van der Waals surface area contributed by atoms with E-state index in [9.17, 15) is 21.6 Å². The smallest absolute Gasteiger partial charge is 0.243 e. The molecule has 0 unspecified atom stereocenters. The van der Waals surface area contributed by atoms with Crippen molar-refractivity contribution in [1.29, 1.82) is 0 Å². The van der Waals surface area contributed by atoms with E-state index >= 15 is 0 Å². The summed E-state index contributed by atoms with van der Waals surface area (Å²) in [5, 5.41) is 0. The molecule has 2 aromatic rings. The Morgan fingerprint density at radius 1 is 0.853 bits per heavy atom. The Kier molecular flexibility index (Phi) is 7.42. The van der Waals surface area contributed by atoms with Gasteiger partial charge in [-0.05, 0) is 43.4 Å². The van der Waals surface area contributed by atoms with E-state index in [0.29, 0.717) is 38.8 Å². The molecule has 2 heterocycles. The van der Waals surface area contributed by atoms with Crippen LogP contribution in [-0.4, -0.2) is 63.9 Å². The van der Waals surface area contributed by atoms with Gasteiger partial charge in [-0.3, -0.25) is 4.79 Å². The number of hydrogen-bond acceptors (Lipinski definition) is 5. The minimum atomic E-state index is -3.80. The van der Waals surface area contributed by atoms with Crippen LogP contribution in [0.1, 0.15) is 37.3 Å². The predicted molar refractivity (Wildman–Crippen MR) is 130 cm³/mol. The standard InChI is InChI=1S/C24H31N3O5S2/c1-33(29,30)25-21-14-16-26(17-15-21)24(28)20-12-13-23(19-8-4-2-5-9-19)27(18-20)34(31,32)22-10-6-3-7-11-22/h2-11,20-21,23,25H,12-18H2,1H3/t20-,23-/m1/s1. The summed E-state index contributed by atoms with van der Waals surface area (Å²) >= 11 is 0. The third-order valence-corrected chi connectivity index (χ3v) is 9.26. The van der Waals surface area contributed by atoms with Crippen molar-refractivity contribution in [3.05, 3.63) is 66.2 Å². The molecule has 34 heavy (non-hydrogen) atoms. The molecule has 1 amide bonds. The second-order valence-electron chi connectivity index (χ2n) is 9.08. The number of nitrogens with zero attached hydrogens (tertiary/aromatic N) is 2. The van der Waals surface area contributed by atoms with Gasteiger partial charge in [0.15, 0.2) is 0 Å². The third kappa shape index (κ3) is 5.68. The van der Waals surface area contributed by atoms with E-state index in [4.69, 9.17) is 0 Å². The van der Waals surface area contributed by atoms with Crippen LogP contribution in [0.15, 0.2) is 65.6 Å². The lowest BCUT2D eigenvalue weighted by molar-refractivity contribution is -0.138. The van der Waals surface area contributed by atoms with E-state index in [1.54, 1.807) is 35.2 Å². The van der Waals surface area contributed by atoms with Crippen molar-refractivity contribution in [2.75, 3.05) is 25.9 Å². The number of hydrogen-bond donors (Lipinski definition) is 1. The number of carbonyl (C=O) groups excluding carboxylic acids is 1. The number of carbonyl (C=O) groups is 1. The van der Waals surface area contributed by atoms with E-state index in [0.717, 1.165) is 11.8 Å². The third-order valence-electron chi connectivity index (χ3n) is 6.61. The van der Waals surface area contributed by atoms with Crippen LogP contribution in [-0.2, 0) is 24.8 Å². The molecule has 0 aromatic heterocycles. The Morgan fingerprint density at radius 2 is 1.44 bits per heavy atom. The topological polar surface area (TPSA) is 104 Å². The van der Waals surface area contributed by atoms with E-state index < -0.39 is 26.0 Å². The van der Waals surface area contributed by atoms with Gasteiger partial charge in [0.2, 0.25) is 26.0 Å². The molecular weight excluding hydrogens is 474 g/mol. The van der Waals surface area contributed by atoms with Gasteiger partial charge in [0.25, 0.3) is 0 Å². The van der Waals surface area contributed by atoms with E-state index in [1.165, 1.54) is 4.31 Å². The quantitative estimate of drug-likeness (QED) is 0.649. The minimum Gasteiger partial charge on any atom is -0.342 e. The monoisotopic (exact) mass is 505 g/mol. The second kappa shape index (κ2) is 10.2. The highest BCUT2D eigenvalue weighted by Gasteiger charge is 2.41. The van der Waals surface area contributed by atoms with Crippen LogP contribution in [0.5, 0.6) is 0 Å². The van der Waals surface area contributed by atoms with Crippen LogP contribution in [0.2, 0.25) is 0 Å². The summed E-state index contributed by atoms with van der Waals surface area (Å²) in [6.45, 7) is 1.03. The molecule has 2 aromatic carbocycles.